The highest BCUT2D eigenvalue weighted by molar-refractivity contribution is 6.30. The maximum atomic E-state index is 14.4. The Kier molecular flexibility index (Phi) is 17.1. The normalized spacial score (nSPS) is 25.2. The van der Waals surface area contributed by atoms with E-state index in [-0.39, 0.29) is 76.1 Å². The number of methoxy groups -OCH3 is 2. The van der Waals surface area contributed by atoms with Crippen LogP contribution in [0.1, 0.15) is 129 Å². The highest BCUT2D eigenvalue weighted by Crippen LogP contribution is 2.59. The summed E-state index contributed by atoms with van der Waals surface area (Å²) in [7, 11) is 2.95. The lowest BCUT2D eigenvalue weighted by Gasteiger charge is -2.52. The summed E-state index contributed by atoms with van der Waals surface area (Å²) in [6, 6.07) is 9.46. The summed E-state index contributed by atoms with van der Waals surface area (Å²) in [4.78, 5) is 39.2. The third kappa shape index (κ3) is 11.1. The fourth-order valence-corrected chi connectivity index (χ4v) is 11.9. The number of ether oxygens (including phenoxy) is 2. The van der Waals surface area contributed by atoms with Crippen molar-refractivity contribution in [2.75, 3.05) is 27.3 Å². The fourth-order valence-electron chi connectivity index (χ4n) is 11.6. The lowest BCUT2D eigenvalue weighted by Crippen LogP contribution is -2.54. The van der Waals surface area contributed by atoms with Crippen LogP contribution in [0.25, 0.3) is 0 Å². The Balaban J connectivity index is 0.000000188. The molecule has 0 radical (unpaired) electrons. The van der Waals surface area contributed by atoms with Gasteiger partial charge in [-0.15, -0.1) is 24.8 Å². The summed E-state index contributed by atoms with van der Waals surface area (Å²) in [5, 5.41) is 13.3. The number of carbonyl (C=O) groups excluding carboxylic acids is 3. The second kappa shape index (κ2) is 21.7. The molecule has 12 nitrogen and oxygen atoms in total. The zero-order valence-corrected chi connectivity index (χ0v) is 42.6. The van der Waals surface area contributed by atoms with Crippen LogP contribution in [0.3, 0.4) is 0 Å². The minimum atomic E-state index is -0.352. The Bertz CT molecular complexity index is 2450. The number of amides is 1. The molecule has 1 amide bonds. The summed E-state index contributed by atoms with van der Waals surface area (Å²) in [5.41, 5.74) is 13.4. The monoisotopic (exact) mass is 1020 g/mol. The summed E-state index contributed by atoms with van der Waals surface area (Å²) >= 11 is 11.7. The van der Waals surface area contributed by atoms with Crippen LogP contribution in [0, 0.1) is 41.7 Å². The van der Waals surface area contributed by atoms with Crippen LogP contribution in [-0.4, -0.2) is 75.2 Å². The smallest absolute Gasteiger partial charge is 0.311 e. The van der Waals surface area contributed by atoms with Gasteiger partial charge in [-0.3, -0.25) is 23.7 Å². The summed E-state index contributed by atoms with van der Waals surface area (Å²) in [6.07, 6.45) is 13.2. The maximum Gasteiger partial charge on any atom is 0.311 e. The van der Waals surface area contributed by atoms with Crippen molar-refractivity contribution in [3.05, 3.63) is 103 Å². The van der Waals surface area contributed by atoms with Crippen LogP contribution in [0.4, 0.5) is 8.78 Å². The molecule has 8 aliphatic rings. The molecule has 2 aromatic carbocycles. The van der Waals surface area contributed by atoms with E-state index in [9.17, 15) is 23.2 Å². The van der Waals surface area contributed by atoms with E-state index in [2.05, 4.69) is 15.5 Å². The van der Waals surface area contributed by atoms with Gasteiger partial charge in [0.05, 0.1) is 67.5 Å². The number of aryl methyl sites for hydroxylation is 2. The van der Waals surface area contributed by atoms with Crippen LogP contribution in [0.15, 0.2) is 36.4 Å². The molecule has 68 heavy (non-hydrogen) atoms. The Morgan fingerprint density at radius 2 is 1.16 bits per heavy atom. The Morgan fingerprint density at radius 3 is 1.63 bits per heavy atom. The lowest BCUT2D eigenvalue weighted by atomic mass is 9.52. The zero-order valence-electron chi connectivity index (χ0n) is 39.5. The summed E-state index contributed by atoms with van der Waals surface area (Å²) in [6.45, 7) is 7.69. The number of hydrogen-bond donors (Lipinski definition) is 2. The van der Waals surface area contributed by atoms with Gasteiger partial charge in [0.2, 0.25) is 5.91 Å². The van der Waals surface area contributed by atoms with E-state index in [1.54, 1.807) is 24.3 Å². The third-order valence-corrected chi connectivity index (χ3v) is 16.5. The van der Waals surface area contributed by atoms with Crippen molar-refractivity contribution in [1.29, 1.82) is 0 Å². The molecule has 372 valence electrons. The molecule has 6 saturated carbocycles. The van der Waals surface area contributed by atoms with Gasteiger partial charge in [0.1, 0.15) is 11.6 Å². The molecule has 3 N–H and O–H groups in total. The molecule has 2 aromatic heterocycles. The molecule has 4 heterocycles. The molecule has 0 unspecified atom stereocenters. The number of carbonyl (C=O) groups is 3. The quantitative estimate of drug-likeness (QED) is 0.165. The first-order chi connectivity index (χ1) is 31.5. The van der Waals surface area contributed by atoms with E-state index in [0.29, 0.717) is 53.8 Å². The van der Waals surface area contributed by atoms with Gasteiger partial charge in [-0.2, -0.15) is 10.2 Å². The fraction of sp³-hybridized carbons (Fsp3) is 0.580. The van der Waals surface area contributed by atoms with Crippen LogP contribution < -0.4 is 11.1 Å². The molecule has 6 fully saturated rings. The number of nitrogens with zero attached hydrogens (tertiary/aromatic N) is 5. The van der Waals surface area contributed by atoms with Crippen molar-refractivity contribution >= 4 is 65.9 Å². The number of nitrogens with one attached hydrogen (secondary N) is 1. The van der Waals surface area contributed by atoms with Crippen molar-refractivity contribution in [3.8, 4) is 0 Å². The standard InChI is InChI=1S/C26H31ClFN3O3.C14H15ClFN3.C10H17NO2.2ClH/c1-17-20-5-12-30(16-22(20)31(29-17)15-18-3-4-19(27)13-21(18)28)23(32)14-25-6-9-26(10-7-25,11-8-25)24(33)34-2;1-9-12-4-5-17-7-14(12)19(18-9)8-10-2-3-11(15)6-13(10)16;1-13-8(12)9-2-5-10(11,6-3-9)7-4-9;;/h3-4,13H,5-12,14-16H2,1-2H3;2-3,6,17H,4-5,7-8H2,1H3;2-7,11H2,1H3;2*1H. The molecule has 12 rings (SSSR count). The average molecular weight is 1020 g/mol. The lowest BCUT2D eigenvalue weighted by molar-refractivity contribution is -0.164. The predicted octanol–water partition coefficient (Wildman–Crippen LogP) is 9.55. The van der Waals surface area contributed by atoms with E-state index in [0.717, 1.165) is 131 Å². The van der Waals surface area contributed by atoms with Crippen LogP contribution >= 0.6 is 48.0 Å². The summed E-state index contributed by atoms with van der Waals surface area (Å²) < 4.78 is 41.9. The molecular weight excluding hydrogens is 958 g/mol. The Morgan fingerprint density at radius 1 is 0.706 bits per heavy atom. The molecule has 0 saturated heterocycles. The van der Waals surface area contributed by atoms with Gasteiger partial charge in [0.25, 0.3) is 0 Å². The zero-order chi connectivity index (χ0) is 47.0. The van der Waals surface area contributed by atoms with Gasteiger partial charge >= 0.3 is 11.9 Å². The first-order valence-corrected chi connectivity index (χ1v) is 24.2. The van der Waals surface area contributed by atoms with E-state index in [1.165, 1.54) is 31.9 Å². The molecule has 18 heteroatoms. The van der Waals surface area contributed by atoms with Crippen LogP contribution in [-0.2, 0) is 62.9 Å². The minimum absolute atomic E-state index is 0. The third-order valence-electron chi connectivity index (χ3n) is 16.0. The van der Waals surface area contributed by atoms with Gasteiger partial charge in [-0.1, -0.05) is 35.3 Å². The Labute approximate surface area is 420 Å². The molecular formula is C50H65Cl4F2N7O5. The largest absolute Gasteiger partial charge is 0.469 e. The van der Waals surface area contributed by atoms with Gasteiger partial charge in [0, 0.05) is 46.2 Å². The minimum Gasteiger partial charge on any atom is -0.469 e. The molecule has 0 spiro atoms. The first-order valence-electron chi connectivity index (χ1n) is 23.4. The molecule has 6 aliphatic carbocycles. The number of nitrogens with two attached hydrogens (primary N) is 1. The van der Waals surface area contributed by atoms with Gasteiger partial charge in [-0.25, -0.2) is 8.78 Å². The number of hydrogen-bond acceptors (Lipinski definition) is 9. The Hall–Kier alpha value is -3.79. The van der Waals surface area contributed by atoms with E-state index in [4.69, 9.17) is 38.4 Å². The molecule has 2 aliphatic heterocycles. The second-order valence-corrected chi connectivity index (χ2v) is 20.8. The number of rotatable bonds is 8. The SMILES string of the molecule is COC(=O)C12CCC(CC(=O)N3CCc4c(C)nn(Cc5ccc(Cl)cc5F)c4C3)(CC1)CC2.COC(=O)C12CCC(N)(CC1)CC2.Cc1nn(Cc2ccc(Cl)cc2F)c2c1CCNC2.Cl.Cl. The van der Waals surface area contributed by atoms with Gasteiger partial charge in [0.15, 0.2) is 0 Å². The van der Waals surface area contributed by atoms with Crippen molar-refractivity contribution in [2.45, 2.75) is 142 Å². The van der Waals surface area contributed by atoms with Crippen molar-refractivity contribution in [2.24, 2.45) is 22.0 Å². The van der Waals surface area contributed by atoms with Crippen molar-refractivity contribution in [1.82, 2.24) is 29.8 Å². The van der Waals surface area contributed by atoms with Crippen molar-refractivity contribution < 1.29 is 32.6 Å². The van der Waals surface area contributed by atoms with Gasteiger partial charge < -0.3 is 25.4 Å². The summed E-state index contributed by atoms with van der Waals surface area (Å²) in [5.74, 6) is -0.570. The van der Waals surface area contributed by atoms with E-state index < -0.39 is 0 Å². The number of esters is 2. The van der Waals surface area contributed by atoms with Crippen LogP contribution in [0.2, 0.25) is 10.0 Å². The molecule has 0 atom stereocenters. The van der Waals surface area contributed by atoms with Crippen molar-refractivity contribution in [3.63, 3.8) is 0 Å². The van der Waals surface area contributed by atoms with E-state index >= 15 is 0 Å². The van der Waals surface area contributed by atoms with Crippen LogP contribution in [0.5, 0.6) is 0 Å². The number of fused-ring (bicyclic) bond motifs is 8. The predicted molar refractivity (Wildman–Crippen MR) is 262 cm³/mol. The average Bonchev–Trinajstić information content (AvgIpc) is 3.82. The highest BCUT2D eigenvalue weighted by Gasteiger charge is 2.54. The molecule has 4 aromatic rings. The van der Waals surface area contributed by atoms with Gasteiger partial charge in [-0.05, 0) is 151 Å². The number of aromatic nitrogens is 4. The highest BCUT2D eigenvalue weighted by atomic mass is 35.5. The number of halogens is 6. The number of benzene rings is 2. The topological polar surface area (TPSA) is 147 Å². The first kappa shape index (κ1) is 53.6. The maximum absolute atomic E-state index is 14.4. The van der Waals surface area contributed by atoms with E-state index in [1.807, 2.05) is 28.1 Å². The molecule has 4 bridgehead atoms. The second-order valence-electron chi connectivity index (χ2n) is 19.9.